The molecule has 7 rings (SSSR count). The smallest absolute Gasteiger partial charge is 0.283 e. The lowest BCUT2D eigenvalue weighted by Crippen LogP contribution is -2.62. The Bertz CT molecular complexity index is 1800. The summed E-state index contributed by atoms with van der Waals surface area (Å²) >= 11 is 6.41. The van der Waals surface area contributed by atoms with Crippen LogP contribution in [-0.2, 0) is 37.3 Å². The minimum Gasteiger partial charge on any atom is -0.485 e. The maximum atomic E-state index is 14.0. The van der Waals surface area contributed by atoms with E-state index in [1.165, 1.54) is 0 Å². The monoisotopic (exact) mass is 799 g/mol. The Hall–Kier alpha value is -2.78. The fourth-order valence-corrected chi connectivity index (χ4v) is 11.2. The van der Waals surface area contributed by atoms with Crippen LogP contribution in [0.4, 0.5) is 5.82 Å². The number of carbonyl (C=O) groups is 1. The number of pyridine rings is 1. The first-order valence-electron chi connectivity index (χ1n) is 20.1. The van der Waals surface area contributed by atoms with E-state index in [-0.39, 0.29) is 36.5 Å². The highest BCUT2D eigenvalue weighted by atomic mass is 35.5. The molecule has 1 aliphatic carbocycles. The zero-order valence-corrected chi connectivity index (χ0v) is 34.2. The van der Waals surface area contributed by atoms with Gasteiger partial charge in [-0.1, -0.05) is 36.7 Å². The number of halogens is 1. The Morgan fingerprint density at radius 3 is 2.73 bits per heavy atom. The van der Waals surface area contributed by atoms with Gasteiger partial charge < -0.3 is 23.8 Å². The molecule has 2 saturated heterocycles. The van der Waals surface area contributed by atoms with Crippen molar-refractivity contribution in [2.24, 2.45) is 17.8 Å². The highest BCUT2D eigenvalue weighted by molar-refractivity contribution is 7.90. The molecule has 2 bridgehead atoms. The Morgan fingerprint density at radius 1 is 1.05 bits per heavy atom. The van der Waals surface area contributed by atoms with Crippen LogP contribution >= 0.6 is 11.6 Å². The van der Waals surface area contributed by atoms with Gasteiger partial charge in [0.15, 0.2) is 11.6 Å². The third kappa shape index (κ3) is 9.19. The van der Waals surface area contributed by atoms with Crippen LogP contribution in [0.3, 0.4) is 0 Å². The Kier molecular flexibility index (Phi) is 13.1. The first-order valence-corrected chi connectivity index (χ1v) is 22.0. The molecule has 2 aromatic rings. The van der Waals surface area contributed by atoms with Crippen LogP contribution in [0.25, 0.3) is 0 Å². The van der Waals surface area contributed by atoms with Gasteiger partial charge in [0.25, 0.3) is 5.91 Å². The van der Waals surface area contributed by atoms with Crippen LogP contribution in [0.15, 0.2) is 42.5 Å². The molecule has 6 atom stereocenters. The maximum Gasteiger partial charge on any atom is 0.283 e. The lowest BCUT2D eigenvalue weighted by atomic mass is 9.63. The second kappa shape index (κ2) is 17.8. The number of hydrogen-bond donors (Lipinski definition) is 1. The third-order valence-electron chi connectivity index (χ3n) is 12.7. The van der Waals surface area contributed by atoms with Crippen LogP contribution in [-0.4, -0.2) is 126 Å². The maximum absolute atomic E-state index is 14.0. The van der Waals surface area contributed by atoms with Crippen molar-refractivity contribution in [3.05, 3.63) is 64.3 Å². The van der Waals surface area contributed by atoms with Crippen molar-refractivity contribution < 1.29 is 32.2 Å². The number of anilines is 1. The topological polar surface area (TPSA) is 123 Å². The number of fused-ring (bicyclic) bond motifs is 4. The summed E-state index contributed by atoms with van der Waals surface area (Å²) in [6.45, 7) is 10.0. The van der Waals surface area contributed by atoms with E-state index in [0.717, 1.165) is 89.2 Å². The number of hydrogen-bond acceptors (Lipinski definition) is 11. The van der Waals surface area contributed by atoms with Gasteiger partial charge in [0.2, 0.25) is 10.0 Å². The summed E-state index contributed by atoms with van der Waals surface area (Å²) in [5, 5.41) is -0.165. The summed E-state index contributed by atoms with van der Waals surface area (Å²) < 4.78 is 54.9. The van der Waals surface area contributed by atoms with E-state index in [1.54, 1.807) is 19.2 Å². The number of ether oxygens (including phenoxy) is 4. The lowest BCUT2D eigenvalue weighted by Gasteiger charge is -2.52. The number of rotatable bonds is 6. The van der Waals surface area contributed by atoms with Crippen LogP contribution in [0.2, 0.25) is 5.02 Å². The van der Waals surface area contributed by atoms with E-state index in [4.69, 9.17) is 35.5 Å². The number of allylic oxidation sites excluding steroid dienone is 1. The second-order valence-corrected chi connectivity index (χ2v) is 18.5. The van der Waals surface area contributed by atoms with Crippen molar-refractivity contribution >= 4 is 33.3 Å². The predicted molar refractivity (Wildman–Crippen MR) is 213 cm³/mol. The van der Waals surface area contributed by atoms with Crippen LogP contribution in [0.1, 0.15) is 67.1 Å². The molecule has 12 nitrogen and oxygen atoms in total. The van der Waals surface area contributed by atoms with E-state index in [2.05, 4.69) is 31.6 Å². The van der Waals surface area contributed by atoms with Gasteiger partial charge in [0.05, 0.1) is 18.5 Å². The van der Waals surface area contributed by atoms with Gasteiger partial charge >= 0.3 is 0 Å². The molecule has 1 amide bonds. The fraction of sp³-hybridized carbons (Fsp3) is 0.659. The third-order valence-corrected chi connectivity index (χ3v) is 14.9. The molecule has 0 spiro atoms. The standard InChI is InChI=1S/C41H58ClN5O7S/c1-29-7-6-16-41(52-3,28-45-18-19-46-20-22-53-27-34(46)25-45)35-12-10-31(35)24-47-17-5-4-8-30-23-33(42)11-9-32(30)26-54-37-14-13-36(43-39(37)47)40(48)44-55(49,50)38(29)15-21-51-2/h6,9,11,13-14,16,23,29,31,34-35,38H,4-5,7-8,10,12,15,17-22,24-28H2,1-3H3,(H,44,48)/b16-6+/t29-,31-,34-,35+,38+,41+/m0/s1. The van der Waals surface area contributed by atoms with E-state index in [9.17, 15) is 13.2 Å². The first kappa shape index (κ1) is 40.4. The van der Waals surface area contributed by atoms with E-state index >= 15 is 0 Å². The molecule has 0 unspecified atom stereocenters. The van der Waals surface area contributed by atoms with Gasteiger partial charge in [-0.3, -0.25) is 14.6 Å². The number of sulfonamides is 1. The van der Waals surface area contributed by atoms with Gasteiger partial charge in [-0.2, -0.15) is 0 Å². The SMILES string of the molecule is COCC[C@@H]1[C@@H](C)C/C=C/[C@](CN2CCN3CCOC[C@@H]3C2)(OC)[C@@H]2CC[C@H]2CN2CCCCc3cc(Cl)ccc3COc3ccc(nc32)C(=O)NS1(=O)=O. The average Bonchev–Trinajstić information content (AvgIpc) is 3.19. The molecule has 302 valence electrons. The molecule has 1 saturated carbocycles. The highest BCUT2D eigenvalue weighted by Crippen LogP contribution is 2.46. The number of benzene rings is 1. The molecule has 3 fully saturated rings. The van der Waals surface area contributed by atoms with Crippen molar-refractivity contribution in [2.45, 2.75) is 75.4 Å². The van der Waals surface area contributed by atoms with Crippen molar-refractivity contribution in [2.75, 3.05) is 84.8 Å². The summed E-state index contributed by atoms with van der Waals surface area (Å²) in [4.78, 5) is 26.1. The van der Waals surface area contributed by atoms with Gasteiger partial charge in [0, 0.05) is 77.7 Å². The minimum atomic E-state index is -4.11. The van der Waals surface area contributed by atoms with Gasteiger partial charge in [-0.05, 0) is 98.1 Å². The molecule has 55 heavy (non-hydrogen) atoms. The molecule has 4 aliphatic heterocycles. The highest BCUT2D eigenvalue weighted by Gasteiger charge is 2.49. The van der Waals surface area contributed by atoms with Gasteiger partial charge in [0.1, 0.15) is 17.9 Å². The number of aryl methyl sites for hydroxylation is 1. The number of nitrogens with zero attached hydrogens (tertiary/aromatic N) is 4. The molecule has 1 N–H and O–H groups in total. The quantitative estimate of drug-likeness (QED) is 0.400. The summed E-state index contributed by atoms with van der Waals surface area (Å²) in [6.07, 6.45) is 9.85. The number of piperazine rings is 1. The fourth-order valence-electron chi connectivity index (χ4n) is 9.39. The normalized spacial score (nSPS) is 31.3. The number of methoxy groups -OCH3 is 2. The van der Waals surface area contributed by atoms with E-state index in [0.29, 0.717) is 48.7 Å². The van der Waals surface area contributed by atoms with Crippen molar-refractivity contribution in [1.29, 1.82) is 0 Å². The number of amides is 1. The molecular formula is C41H58ClN5O7S. The Balaban J connectivity index is 1.27. The largest absolute Gasteiger partial charge is 0.485 e. The van der Waals surface area contributed by atoms with E-state index < -0.39 is 26.8 Å². The summed E-state index contributed by atoms with van der Waals surface area (Å²) in [5.74, 6) is 0.551. The number of carbonyl (C=O) groups excluding carboxylic acids is 1. The molecule has 1 aromatic heterocycles. The Labute approximate surface area is 331 Å². The van der Waals surface area contributed by atoms with Gasteiger partial charge in [-0.15, -0.1) is 0 Å². The summed E-state index contributed by atoms with van der Waals surface area (Å²) in [7, 11) is -0.724. The van der Waals surface area contributed by atoms with E-state index in [1.807, 2.05) is 32.2 Å². The van der Waals surface area contributed by atoms with Crippen LogP contribution < -0.4 is 14.4 Å². The second-order valence-electron chi connectivity index (χ2n) is 16.1. The predicted octanol–water partition coefficient (Wildman–Crippen LogP) is 4.95. The summed E-state index contributed by atoms with van der Waals surface area (Å²) in [5.41, 5.74) is 1.66. The minimum absolute atomic E-state index is 0.0327. The van der Waals surface area contributed by atoms with Crippen molar-refractivity contribution in [1.82, 2.24) is 19.5 Å². The number of nitrogens with one attached hydrogen (secondary N) is 1. The summed E-state index contributed by atoms with van der Waals surface area (Å²) in [6, 6.07) is 9.60. The molecular weight excluding hydrogens is 742 g/mol. The zero-order valence-electron chi connectivity index (χ0n) is 32.6. The van der Waals surface area contributed by atoms with Crippen molar-refractivity contribution in [3.63, 3.8) is 0 Å². The van der Waals surface area contributed by atoms with Crippen LogP contribution in [0.5, 0.6) is 5.75 Å². The lowest BCUT2D eigenvalue weighted by molar-refractivity contribution is -0.108. The zero-order chi connectivity index (χ0) is 38.6. The molecule has 0 radical (unpaired) electrons. The average molecular weight is 800 g/mol. The van der Waals surface area contributed by atoms with Crippen LogP contribution in [0, 0.1) is 17.8 Å². The number of morpholine rings is 1. The molecule has 5 aliphatic rings. The molecule has 1 aromatic carbocycles. The first-order chi connectivity index (χ1) is 26.6. The van der Waals surface area contributed by atoms with Gasteiger partial charge in [-0.25, -0.2) is 18.1 Å². The molecule has 14 heteroatoms. The number of aromatic nitrogens is 1. The van der Waals surface area contributed by atoms with Crippen molar-refractivity contribution in [3.8, 4) is 5.75 Å². The Morgan fingerprint density at radius 2 is 1.93 bits per heavy atom. The molecule has 5 heterocycles.